The van der Waals surface area contributed by atoms with E-state index < -0.39 is 0 Å². The van der Waals surface area contributed by atoms with Crippen molar-refractivity contribution in [2.45, 2.75) is 31.3 Å². The van der Waals surface area contributed by atoms with Gasteiger partial charge in [0.25, 0.3) is 0 Å². The number of hydrazine groups is 1. The highest BCUT2D eigenvalue weighted by Crippen LogP contribution is 2.35. The van der Waals surface area contributed by atoms with E-state index in [0.29, 0.717) is 6.04 Å². The number of rotatable bonds is 3. The molecule has 3 rings (SSSR count). The molecule has 5 nitrogen and oxygen atoms in total. The van der Waals surface area contributed by atoms with Crippen molar-refractivity contribution >= 4 is 11.6 Å². The molecule has 2 atom stereocenters. The Balaban J connectivity index is 1.56. The van der Waals surface area contributed by atoms with Crippen LogP contribution in [0.4, 0.5) is 5.69 Å². The third kappa shape index (κ3) is 2.45. The Kier molecular flexibility index (Phi) is 2.78. The van der Waals surface area contributed by atoms with Crippen LogP contribution in [0.1, 0.15) is 19.3 Å². The molecular weight excluding hydrogens is 216 g/mol. The van der Waals surface area contributed by atoms with Crippen LogP contribution in [0.2, 0.25) is 0 Å². The molecule has 2 unspecified atom stereocenters. The van der Waals surface area contributed by atoms with Crippen molar-refractivity contribution in [3.63, 3.8) is 0 Å². The molecule has 1 aliphatic heterocycles. The lowest BCUT2D eigenvalue weighted by Gasteiger charge is -2.09. The fourth-order valence-corrected chi connectivity index (χ4v) is 2.23. The van der Waals surface area contributed by atoms with E-state index in [1.165, 1.54) is 12.8 Å². The number of pyridine rings is 1. The Morgan fingerprint density at radius 1 is 1.41 bits per heavy atom. The number of hydrogen-bond acceptors (Lipinski definition) is 4. The molecule has 1 aromatic heterocycles. The number of carbonyl (C=O) groups is 1. The maximum absolute atomic E-state index is 12.0. The molecule has 90 valence electrons. The van der Waals surface area contributed by atoms with Crippen molar-refractivity contribution in [2.75, 3.05) is 5.32 Å². The lowest BCUT2D eigenvalue weighted by molar-refractivity contribution is -0.117. The second kappa shape index (κ2) is 4.43. The summed E-state index contributed by atoms with van der Waals surface area (Å²) >= 11 is 0. The molecule has 2 heterocycles. The van der Waals surface area contributed by atoms with Gasteiger partial charge in [0.1, 0.15) is 6.04 Å². The van der Waals surface area contributed by atoms with Crippen molar-refractivity contribution < 1.29 is 4.79 Å². The Morgan fingerprint density at radius 2 is 2.29 bits per heavy atom. The Labute approximate surface area is 100.0 Å². The van der Waals surface area contributed by atoms with Gasteiger partial charge in [-0.25, -0.2) is 5.43 Å². The van der Waals surface area contributed by atoms with Crippen molar-refractivity contribution in [2.24, 2.45) is 5.92 Å². The number of nitrogens with zero attached hydrogens (tertiary/aromatic N) is 1. The first-order valence-corrected chi connectivity index (χ1v) is 6.05. The quantitative estimate of drug-likeness (QED) is 0.716. The summed E-state index contributed by atoms with van der Waals surface area (Å²) in [7, 11) is 0. The van der Waals surface area contributed by atoms with Crippen LogP contribution in [0, 0.1) is 5.92 Å². The van der Waals surface area contributed by atoms with E-state index in [0.717, 1.165) is 18.0 Å². The molecule has 0 bridgehead atoms. The average Bonchev–Trinajstić information content (AvgIpc) is 3.08. The number of anilines is 1. The van der Waals surface area contributed by atoms with Crippen LogP contribution in [0.3, 0.4) is 0 Å². The van der Waals surface area contributed by atoms with Crippen LogP contribution >= 0.6 is 0 Å². The Bertz CT molecular complexity index is 404. The lowest BCUT2D eigenvalue weighted by Crippen LogP contribution is -2.40. The fourth-order valence-electron chi connectivity index (χ4n) is 2.23. The molecule has 1 aliphatic carbocycles. The van der Waals surface area contributed by atoms with Crippen LogP contribution in [-0.2, 0) is 4.79 Å². The average molecular weight is 232 g/mol. The molecule has 0 spiro atoms. The first kappa shape index (κ1) is 10.7. The minimum Gasteiger partial charge on any atom is -0.323 e. The Morgan fingerprint density at radius 3 is 3.00 bits per heavy atom. The summed E-state index contributed by atoms with van der Waals surface area (Å²) in [5.41, 5.74) is 7.02. The van der Waals surface area contributed by atoms with Gasteiger partial charge in [-0.05, 0) is 37.3 Å². The summed E-state index contributed by atoms with van der Waals surface area (Å²) in [6.45, 7) is 0. The summed E-state index contributed by atoms with van der Waals surface area (Å²) in [6, 6.07) is 3.97. The third-order valence-electron chi connectivity index (χ3n) is 3.37. The van der Waals surface area contributed by atoms with Gasteiger partial charge in [-0.1, -0.05) is 0 Å². The number of nitrogens with one attached hydrogen (secondary N) is 3. The highest BCUT2D eigenvalue weighted by molar-refractivity contribution is 5.94. The zero-order valence-electron chi connectivity index (χ0n) is 9.52. The van der Waals surface area contributed by atoms with Crippen LogP contribution in [0.15, 0.2) is 24.5 Å². The number of hydrogen-bond donors (Lipinski definition) is 3. The molecule has 1 aromatic rings. The normalized spacial score (nSPS) is 28.0. The highest BCUT2D eigenvalue weighted by Gasteiger charge is 2.38. The topological polar surface area (TPSA) is 66.0 Å². The van der Waals surface area contributed by atoms with Gasteiger partial charge in [-0.2, -0.15) is 0 Å². The molecule has 5 heteroatoms. The maximum atomic E-state index is 12.0. The molecule has 2 fully saturated rings. The molecule has 0 aromatic carbocycles. The second-order valence-electron chi connectivity index (χ2n) is 4.75. The van der Waals surface area contributed by atoms with E-state index in [-0.39, 0.29) is 11.9 Å². The molecular formula is C12H16N4O. The summed E-state index contributed by atoms with van der Waals surface area (Å²) < 4.78 is 0. The van der Waals surface area contributed by atoms with E-state index in [1.54, 1.807) is 12.4 Å². The van der Waals surface area contributed by atoms with Crippen molar-refractivity contribution in [1.29, 1.82) is 0 Å². The van der Waals surface area contributed by atoms with Crippen molar-refractivity contribution in [3.05, 3.63) is 24.5 Å². The lowest BCUT2D eigenvalue weighted by atomic mass is 10.1. The zero-order valence-corrected chi connectivity index (χ0v) is 9.52. The minimum absolute atomic E-state index is 0.00801. The fraction of sp³-hybridized carbons (Fsp3) is 0.500. The number of aromatic nitrogens is 1. The van der Waals surface area contributed by atoms with Gasteiger partial charge in [-0.15, -0.1) is 0 Å². The van der Waals surface area contributed by atoms with Gasteiger partial charge in [0.2, 0.25) is 5.91 Å². The first-order chi connectivity index (χ1) is 8.33. The van der Waals surface area contributed by atoms with Crippen molar-refractivity contribution in [1.82, 2.24) is 15.8 Å². The van der Waals surface area contributed by atoms with Gasteiger partial charge in [0.05, 0.1) is 11.9 Å². The largest absolute Gasteiger partial charge is 0.323 e. The minimum atomic E-state index is -0.138. The Hall–Kier alpha value is -1.46. The van der Waals surface area contributed by atoms with E-state index in [1.807, 2.05) is 12.1 Å². The summed E-state index contributed by atoms with van der Waals surface area (Å²) in [6.07, 6.45) is 6.79. The predicted molar refractivity (Wildman–Crippen MR) is 64.1 cm³/mol. The van der Waals surface area contributed by atoms with E-state index >= 15 is 0 Å². The SMILES string of the molecule is O=C(Nc1cccnc1)C1CC(C2CC2)NN1. The standard InChI is InChI=1S/C12H16N4O/c17-12(14-9-2-1-5-13-7-9)11-6-10(15-16-11)8-3-4-8/h1-2,5,7-8,10-11,15-16H,3-4,6H2,(H,14,17). The van der Waals surface area contributed by atoms with Gasteiger partial charge in [-0.3, -0.25) is 15.2 Å². The predicted octanol–water partition coefficient (Wildman–Crippen LogP) is 0.665. The molecule has 1 saturated carbocycles. The smallest absolute Gasteiger partial charge is 0.242 e. The van der Waals surface area contributed by atoms with Crippen LogP contribution in [0.5, 0.6) is 0 Å². The van der Waals surface area contributed by atoms with E-state index in [9.17, 15) is 4.79 Å². The highest BCUT2D eigenvalue weighted by atomic mass is 16.2. The van der Waals surface area contributed by atoms with Gasteiger partial charge in [0, 0.05) is 12.2 Å². The molecule has 3 N–H and O–H groups in total. The van der Waals surface area contributed by atoms with Crippen molar-refractivity contribution in [3.8, 4) is 0 Å². The van der Waals surface area contributed by atoms with E-state index in [4.69, 9.17) is 0 Å². The monoisotopic (exact) mass is 232 g/mol. The summed E-state index contributed by atoms with van der Waals surface area (Å²) in [5, 5.41) is 2.86. The molecule has 1 saturated heterocycles. The number of carbonyl (C=O) groups excluding carboxylic acids is 1. The third-order valence-corrected chi connectivity index (χ3v) is 3.37. The second-order valence-corrected chi connectivity index (χ2v) is 4.75. The van der Waals surface area contributed by atoms with Crippen LogP contribution in [0.25, 0.3) is 0 Å². The van der Waals surface area contributed by atoms with Crippen LogP contribution in [-0.4, -0.2) is 23.0 Å². The van der Waals surface area contributed by atoms with Gasteiger partial charge in [0.15, 0.2) is 0 Å². The van der Waals surface area contributed by atoms with Gasteiger partial charge < -0.3 is 5.32 Å². The van der Waals surface area contributed by atoms with Gasteiger partial charge >= 0.3 is 0 Å². The summed E-state index contributed by atoms with van der Waals surface area (Å²) in [4.78, 5) is 15.9. The maximum Gasteiger partial charge on any atom is 0.242 e. The molecule has 1 amide bonds. The first-order valence-electron chi connectivity index (χ1n) is 6.05. The molecule has 17 heavy (non-hydrogen) atoms. The summed E-state index contributed by atoms with van der Waals surface area (Å²) in [5.74, 6) is 0.771. The zero-order chi connectivity index (χ0) is 11.7. The molecule has 0 radical (unpaired) electrons. The molecule has 2 aliphatic rings. The van der Waals surface area contributed by atoms with Crippen LogP contribution < -0.4 is 16.2 Å². The number of amides is 1. The van der Waals surface area contributed by atoms with E-state index in [2.05, 4.69) is 21.2 Å².